The number of carbonyl (C=O) groups is 1. The average Bonchev–Trinajstić information content (AvgIpc) is 2.40. The highest BCUT2D eigenvalue weighted by molar-refractivity contribution is 6.06. The molecule has 4 N–H and O–H groups in total. The van der Waals surface area contributed by atoms with Crippen LogP contribution < -0.4 is 11.1 Å². The number of nitrogen functional groups attached to an aromatic ring is 1. The number of aryl methyl sites for hydroxylation is 1. The number of rotatable bonds is 2. The molecule has 0 radical (unpaired) electrons. The van der Waals surface area contributed by atoms with E-state index in [2.05, 4.69) is 5.32 Å². The van der Waals surface area contributed by atoms with Crippen molar-refractivity contribution < 1.29 is 9.90 Å². The van der Waals surface area contributed by atoms with Gasteiger partial charge in [0.25, 0.3) is 5.91 Å². The number of carbonyl (C=O) groups excluding carboxylic acids is 1. The molecule has 0 aliphatic carbocycles. The van der Waals surface area contributed by atoms with Gasteiger partial charge in [0.1, 0.15) is 5.75 Å². The molecule has 0 saturated carbocycles. The Morgan fingerprint density at radius 2 is 1.74 bits per heavy atom. The number of nitrogens with one attached hydrogen (secondary N) is 1. The van der Waals surface area contributed by atoms with Gasteiger partial charge >= 0.3 is 0 Å². The van der Waals surface area contributed by atoms with Crippen LogP contribution in [0.1, 0.15) is 21.5 Å². The topological polar surface area (TPSA) is 75.3 Å². The largest absolute Gasteiger partial charge is 0.508 e. The lowest BCUT2D eigenvalue weighted by atomic mass is 10.1. The van der Waals surface area contributed by atoms with E-state index in [-0.39, 0.29) is 11.7 Å². The minimum absolute atomic E-state index is 0.128. The van der Waals surface area contributed by atoms with Gasteiger partial charge in [-0.2, -0.15) is 0 Å². The molecule has 4 nitrogen and oxygen atoms in total. The van der Waals surface area contributed by atoms with Crippen LogP contribution in [0, 0.1) is 13.8 Å². The number of amides is 1. The van der Waals surface area contributed by atoms with Gasteiger partial charge in [-0.05, 0) is 55.3 Å². The molecule has 0 aromatic heterocycles. The second kappa shape index (κ2) is 5.02. The molecular formula is C15H16N2O2. The number of phenolic OH excluding ortho intramolecular Hbond substituents is 1. The molecule has 0 unspecified atom stereocenters. The van der Waals surface area contributed by atoms with Crippen molar-refractivity contribution in [3.8, 4) is 5.75 Å². The lowest BCUT2D eigenvalue weighted by Crippen LogP contribution is -2.14. The maximum Gasteiger partial charge on any atom is 0.255 e. The summed E-state index contributed by atoms with van der Waals surface area (Å²) in [7, 11) is 0. The number of nitrogens with two attached hydrogens (primary N) is 1. The molecule has 2 aromatic carbocycles. The molecule has 0 aliphatic heterocycles. The van der Waals surface area contributed by atoms with Crippen molar-refractivity contribution in [3.63, 3.8) is 0 Å². The van der Waals surface area contributed by atoms with Crippen LogP contribution in [0.5, 0.6) is 5.75 Å². The number of hydrogen-bond donors (Lipinski definition) is 3. The Morgan fingerprint density at radius 3 is 2.37 bits per heavy atom. The number of aromatic hydroxyl groups is 1. The lowest BCUT2D eigenvalue weighted by Gasteiger charge is -2.13. The Morgan fingerprint density at radius 1 is 1.11 bits per heavy atom. The van der Waals surface area contributed by atoms with Gasteiger partial charge in [-0.15, -0.1) is 0 Å². The van der Waals surface area contributed by atoms with E-state index >= 15 is 0 Å². The SMILES string of the molecule is Cc1ccc(N)c(NC(=O)c2ccc(O)cc2)c1C. The Bertz CT molecular complexity index is 619. The fraction of sp³-hybridized carbons (Fsp3) is 0.133. The summed E-state index contributed by atoms with van der Waals surface area (Å²) in [5, 5.41) is 12.0. The van der Waals surface area contributed by atoms with E-state index < -0.39 is 0 Å². The van der Waals surface area contributed by atoms with E-state index in [4.69, 9.17) is 5.73 Å². The van der Waals surface area contributed by atoms with Gasteiger partial charge in [0.15, 0.2) is 0 Å². The summed E-state index contributed by atoms with van der Waals surface area (Å²) in [4.78, 5) is 12.1. The van der Waals surface area contributed by atoms with Crippen molar-refractivity contribution in [2.24, 2.45) is 0 Å². The van der Waals surface area contributed by atoms with Crippen LogP contribution in [0.25, 0.3) is 0 Å². The summed E-state index contributed by atoms with van der Waals surface area (Å²) in [5.41, 5.74) is 9.55. The summed E-state index contributed by atoms with van der Waals surface area (Å²) < 4.78 is 0. The summed E-state index contributed by atoms with van der Waals surface area (Å²) in [6.07, 6.45) is 0. The highest BCUT2D eigenvalue weighted by atomic mass is 16.3. The van der Waals surface area contributed by atoms with Gasteiger partial charge in [0.05, 0.1) is 11.4 Å². The fourth-order valence-electron chi connectivity index (χ4n) is 1.80. The number of benzene rings is 2. The van der Waals surface area contributed by atoms with Crippen molar-refractivity contribution in [1.29, 1.82) is 0 Å². The van der Waals surface area contributed by atoms with E-state index in [1.54, 1.807) is 18.2 Å². The molecule has 0 aliphatic rings. The average molecular weight is 256 g/mol. The van der Waals surface area contributed by atoms with Crippen molar-refractivity contribution in [3.05, 3.63) is 53.1 Å². The smallest absolute Gasteiger partial charge is 0.255 e. The van der Waals surface area contributed by atoms with Crippen LogP contribution in [0.2, 0.25) is 0 Å². The monoisotopic (exact) mass is 256 g/mol. The van der Waals surface area contributed by atoms with Gasteiger partial charge < -0.3 is 16.2 Å². The molecule has 0 atom stereocenters. The van der Waals surface area contributed by atoms with Crippen LogP contribution in [-0.2, 0) is 0 Å². The van der Waals surface area contributed by atoms with Crippen LogP contribution in [0.4, 0.5) is 11.4 Å². The molecule has 2 aromatic rings. The summed E-state index contributed by atoms with van der Waals surface area (Å²) in [6, 6.07) is 9.76. The summed E-state index contributed by atoms with van der Waals surface area (Å²) in [6.45, 7) is 3.88. The van der Waals surface area contributed by atoms with E-state index in [0.29, 0.717) is 16.9 Å². The molecule has 4 heteroatoms. The first-order valence-corrected chi connectivity index (χ1v) is 5.95. The van der Waals surface area contributed by atoms with Crippen LogP contribution >= 0.6 is 0 Å². The molecule has 98 valence electrons. The maximum atomic E-state index is 12.1. The molecule has 0 heterocycles. The summed E-state index contributed by atoms with van der Waals surface area (Å²) in [5.74, 6) is -0.122. The maximum absolute atomic E-state index is 12.1. The fourth-order valence-corrected chi connectivity index (χ4v) is 1.80. The number of hydrogen-bond acceptors (Lipinski definition) is 3. The van der Waals surface area contributed by atoms with Crippen LogP contribution in [0.3, 0.4) is 0 Å². The second-order valence-corrected chi connectivity index (χ2v) is 4.47. The Hall–Kier alpha value is -2.49. The molecule has 2 rings (SSSR count). The van der Waals surface area contributed by atoms with E-state index in [1.807, 2.05) is 19.9 Å². The quantitative estimate of drug-likeness (QED) is 0.723. The van der Waals surface area contributed by atoms with Gasteiger partial charge in [-0.25, -0.2) is 0 Å². The number of phenols is 1. The predicted octanol–water partition coefficient (Wildman–Crippen LogP) is 2.84. The van der Waals surface area contributed by atoms with Crippen LogP contribution in [-0.4, -0.2) is 11.0 Å². The van der Waals surface area contributed by atoms with Crippen molar-refractivity contribution in [2.45, 2.75) is 13.8 Å². The van der Waals surface area contributed by atoms with Crippen molar-refractivity contribution >= 4 is 17.3 Å². The van der Waals surface area contributed by atoms with E-state index in [9.17, 15) is 9.90 Å². The zero-order valence-corrected chi connectivity index (χ0v) is 10.9. The van der Waals surface area contributed by atoms with Gasteiger partial charge in [-0.1, -0.05) is 6.07 Å². The van der Waals surface area contributed by atoms with E-state index in [1.165, 1.54) is 12.1 Å². The van der Waals surface area contributed by atoms with Gasteiger partial charge in [0.2, 0.25) is 0 Å². The van der Waals surface area contributed by atoms with Crippen molar-refractivity contribution in [2.75, 3.05) is 11.1 Å². The molecule has 19 heavy (non-hydrogen) atoms. The minimum atomic E-state index is -0.250. The summed E-state index contributed by atoms with van der Waals surface area (Å²) >= 11 is 0. The normalized spacial score (nSPS) is 10.2. The predicted molar refractivity (Wildman–Crippen MR) is 76.4 cm³/mol. The molecule has 1 amide bonds. The van der Waals surface area contributed by atoms with E-state index in [0.717, 1.165) is 11.1 Å². The zero-order valence-electron chi connectivity index (χ0n) is 10.9. The second-order valence-electron chi connectivity index (χ2n) is 4.47. The first kappa shape index (κ1) is 13.0. The third-order valence-electron chi connectivity index (χ3n) is 3.14. The third kappa shape index (κ3) is 2.68. The van der Waals surface area contributed by atoms with Gasteiger partial charge in [0, 0.05) is 5.56 Å². The zero-order chi connectivity index (χ0) is 14.0. The lowest BCUT2D eigenvalue weighted by molar-refractivity contribution is 0.102. The standard InChI is InChI=1S/C15H16N2O2/c1-9-3-8-13(16)14(10(9)2)17-15(19)11-4-6-12(18)7-5-11/h3-8,18H,16H2,1-2H3,(H,17,19). The third-order valence-corrected chi connectivity index (χ3v) is 3.14. The Labute approximate surface area is 111 Å². The minimum Gasteiger partial charge on any atom is -0.508 e. The highest BCUT2D eigenvalue weighted by Gasteiger charge is 2.11. The Kier molecular flexibility index (Phi) is 3.42. The molecular weight excluding hydrogens is 240 g/mol. The molecule has 0 bridgehead atoms. The van der Waals surface area contributed by atoms with Crippen molar-refractivity contribution in [1.82, 2.24) is 0 Å². The van der Waals surface area contributed by atoms with Gasteiger partial charge in [-0.3, -0.25) is 4.79 Å². The Balaban J connectivity index is 2.29. The molecule has 0 saturated heterocycles. The number of anilines is 2. The first-order chi connectivity index (χ1) is 8.99. The first-order valence-electron chi connectivity index (χ1n) is 5.95. The molecule has 0 spiro atoms. The highest BCUT2D eigenvalue weighted by Crippen LogP contribution is 2.26. The molecule has 0 fully saturated rings. The van der Waals surface area contributed by atoms with Crippen LogP contribution in [0.15, 0.2) is 36.4 Å².